The van der Waals surface area contributed by atoms with Gasteiger partial charge in [0.05, 0.1) is 4.90 Å². The van der Waals surface area contributed by atoms with Gasteiger partial charge in [-0.15, -0.1) is 0 Å². The maximum Gasteiger partial charge on any atom is 0.243 e. The Morgan fingerprint density at radius 3 is 2.08 bits per heavy atom. The van der Waals surface area contributed by atoms with Gasteiger partial charge in [-0.2, -0.15) is 4.31 Å². The van der Waals surface area contributed by atoms with Crippen LogP contribution < -0.4 is 4.90 Å². The van der Waals surface area contributed by atoms with Crippen molar-refractivity contribution in [3.8, 4) is 0 Å². The van der Waals surface area contributed by atoms with Gasteiger partial charge in [0.2, 0.25) is 10.0 Å². The maximum atomic E-state index is 13.2. The number of benzene rings is 3. The first kappa shape index (κ1) is 16.1. The molecule has 128 valence electrons. The van der Waals surface area contributed by atoms with Crippen molar-refractivity contribution < 1.29 is 8.42 Å². The lowest BCUT2D eigenvalue weighted by molar-refractivity contribution is 0.385. The Morgan fingerprint density at radius 1 is 0.680 bits per heavy atom. The van der Waals surface area contributed by atoms with Gasteiger partial charge in [-0.05, 0) is 23.6 Å². The number of anilines is 1. The van der Waals surface area contributed by atoms with Crippen LogP contribution >= 0.6 is 0 Å². The van der Waals surface area contributed by atoms with Crippen molar-refractivity contribution in [3.63, 3.8) is 0 Å². The van der Waals surface area contributed by atoms with Crippen LogP contribution in [0.4, 0.5) is 5.69 Å². The smallest absolute Gasteiger partial charge is 0.243 e. The first-order chi connectivity index (χ1) is 12.2. The molecular formula is C20H20N2O2S. The van der Waals surface area contributed by atoms with Gasteiger partial charge in [0, 0.05) is 37.3 Å². The van der Waals surface area contributed by atoms with E-state index < -0.39 is 10.0 Å². The molecule has 3 aromatic rings. The van der Waals surface area contributed by atoms with Crippen LogP contribution in [0.25, 0.3) is 10.8 Å². The summed E-state index contributed by atoms with van der Waals surface area (Å²) in [6.07, 6.45) is 0. The van der Waals surface area contributed by atoms with Gasteiger partial charge in [0.25, 0.3) is 0 Å². The van der Waals surface area contributed by atoms with Crippen LogP contribution in [0.5, 0.6) is 0 Å². The highest BCUT2D eigenvalue weighted by molar-refractivity contribution is 7.89. The zero-order valence-corrected chi connectivity index (χ0v) is 14.7. The van der Waals surface area contributed by atoms with Crippen molar-refractivity contribution in [2.45, 2.75) is 4.90 Å². The Kier molecular flexibility index (Phi) is 4.19. The van der Waals surface area contributed by atoms with Gasteiger partial charge in [-0.3, -0.25) is 0 Å². The number of para-hydroxylation sites is 1. The van der Waals surface area contributed by atoms with Crippen molar-refractivity contribution in [3.05, 3.63) is 72.8 Å². The van der Waals surface area contributed by atoms with Crippen LogP contribution in [0.15, 0.2) is 77.7 Å². The Labute approximate surface area is 148 Å². The Balaban J connectivity index is 1.60. The van der Waals surface area contributed by atoms with Crippen LogP contribution in [0.3, 0.4) is 0 Å². The van der Waals surface area contributed by atoms with Crippen LogP contribution in [0, 0.1) is 0 Å². The molecule has 4 nitrogen and oxygen atoms in total. The predicted molar refractivity (Wildman–Crippen MR) is 101 cm³/mol. The van der Waals surface area contributed by atoms with E-state index in [0.29, 0.717) is 31.1 Å². The molecule has 1 aliphatic heterocycles. The summed E-state index contributed by atoms with van der Waals surface area (Å²) < 4.78 is 27.9. The molecule has 0 amide bonds. The minimum absolute atomic E-state index is 0.402. The summed E-state index contributed by atoms with van der Waals surface area (Å²) in [5, 5.41) is 1.74. The lowest BCUT2D eigenvalue weighted by atomic mass is 10.1. The van der Waals surface area contributed by atoms with Crippen molar-refractivity contribution in [2.24, 2.45) is 0 Å². The van der Waals surface area contributed by atoms with E-state index in [1.165, 1.54) is 0 Å². The maximum absolute atomic E-state index is 13.2. The molecule has 0 atom stereocenters. The molecule has 25 heavy (non-hydrogen) atoms. The van der Waals surface area contributed by atoms with Crippen LogP contribution in [0.2, 0.25) is 0 Å². The fourth-order valence-electron chi connectivity index (χ4n) is 3.39. The van der Waals surface area contributed by atoms with Gasteiger partial charge in [0.1, 0.15) is 0 Å². The predicted octanol–water partition coefficient (Wildman–Crippen LogP) is 3.35. The third-order valence-electron chi connectivity index (χ3n) is 4.73. The lowest BCUT2D eigenvalue weighted by Gasteiger charge is -2.35. The first-order valence-corrected chi connectivity index (χ1v) is 9.88. The van der Waals surface area contributed by atoms with E-state index in [2.05, 4.69) is 17.0 Å². The number of nitrogens with zero attached hydrogens (tertiary/aromatic N) is 2. The second-order valence-electron chi connectivity index (χ2n) is 6.20. The summed E-state index contributed by atoms with van der Waals surface area (Å²) >= 11 is 0. The second-order valence-corrected chi connectivity index (χ2v) is 8.11. The topological polar surface area (TPSA) is 40.6 Å². The summed E-state index contributed by atoms with van der Waals surface area (Å²) in [5.74, 6) is 0. The van der Waals surface area contributed by atoms with E-state index in [9.17, 15) is 8.42 Å². The summed E-state index contributed by atoms with van der Waals surface area (Å²) in [4.78, 5) is 2.63. The Bertz CT molecular complexity index is 974. The van der Waals surface area contributed by atoms with Crippen molar-refractivity contribution in [2.75, 3.05) is 31.1 Å². The molecule has 0 saturated carbocycles. The van der Waals surface area contributed by atoms with Crippen molar-refractivity contribution in [1.29, 1.82) is 0 Å². The molecule has 1 aliphatic rings. The zero-order valence-electron chi connectivity index (χ0n) is 13.9. The molecule has 5 heteroatoms. The third-order valence-corrected chi connectivity index (χ3v) is 6.68. The first-order valence-electron chi connectivity index (χ1n) is 8.44. The normalized spacial score (nSPS) is 16.2. The lowest BCUT2D eigenvalue weighted by Crippen LogP contribution is -2.48. The molecule has 3 aromatic carbocycles. The minimum Gasteiger partial charge on any atom is -0.369 e. The number of hydrogen-bond donors (Lipinski definition) is 0. The van der Waals surface area contributed by atoms with Crippen LogP contribution in [-0.2, 0) is 10.0 Å². The van der Waals surface area contributed by atoms with Crippen LogP contribution in [0.1, 0.15) is 0 Å². The molecule has 0 spiro atoms. The average Bonchev–Trinajstić information content (AvgIpc) is 2.68. The molecule has 1 saturated heterocycles. The Morgan fingerprint density at radius 2 is 1.32 bits per heavy atom. The minimum atomic E-state index is -3.49. The standard InChI is InChI=1S/C20H20N2O2S/c23-25(24,20-12-6-8-17-7-4-5-11-19(17)20)22-15-13-21(14-16-22)18-9-2-1-3-10-18/h1-12H,13-16H2. The molecule has 0 unspecified atom stereocenters. The second kappa shape index (κ2) is 6.50. The molecule has 1 fully saturated rings. The molecule has 0 aliphatic carbocycles. The summed E-state index contributed by atoms with van der Waals surface area (Å²) in [6.45, 7) is 2.41. The summed E-state index contributed by atoms with van der Waals surface area (Å²) in [7, 11) is -3.49. The number of hydrogen-bond acceptors (Lipinski definition) is 3. The molecule has 4 rings (SSSR count). The summed E-state index contributed by atoms with van der Waals surface area (Å²) in [5.41, 5.74) is 1.14. The van der Waals surface area contributed by atoms with Crippen molar-refractivity contribution >= 4 is 26.5 Å². The quantitative estimate of drug-likeness (QED) is 0.726. The largest absolute Gasteiger partial charge is 0.369 e. The molecule has 0 N–H and O–H groups in total. The number of sulfonamides is 1. The highest BCUT2D eigenvalue weighted by atomic mass is 32.2. The monoisotopic (exact) mass is 352 g/mol. The SMILES string of the molecule is O=S(=O)(c1cccc2ccccc12)N1CCN(c2ccccc2)CC1. The van der Waals surface area contributed by atoms with Gasteiger partial charge in [0.15, 0.2) is 0 Å². The average molecular weight is 352 g/mol. The zero-order chi connectivity index (χ0) is 17.3. The number of rotatable bonds is 3. The van der Waals surface area contributed by atoms with Gasteiger partial charge in [-0.25, -0.2) is 8.42 Å². The molecule has 0 bridgehead atoms. The molecule has 0 aromatic heterocycles. The Hall–Kier alpha value is -2.37. The van der Waals surface area contributed by atoms with Crippen LogP contribution in [-0.4, -0.2) is 38.9 Å². The van der Waals surface area contributed by atoms with E-state index in [-0.39, 0.29) is 0 Å². The highest BCUT2D eigenvalue weighted by Crippen LogP contribution is 2.27. The van der Waals surface area contributed by atoms with E-state index in [1.54, 1.807) is 10.4 Å². The molecular weight excluding hydrogens is 332 g/mol. The van der Waals surface area contributed by atoms with E-state index in [4.69, 9.17) is 0 Å². The van der Waals surface area contributed by atoms with E-state index in [1.807, 2.05) is 54.6 Å². The fourth-order valence-corrected chi connectivity index (χ4v) is 5.02. The van der Waals surface area contributed by atoms with E-state index >= 15 is 0 Å². The van der Waals surface area contributed by atoms with Crippen molar-refractivity contribution in [1.82, 2.24) is 4.31 Å². The number of fused-ring (bicyclic) bond motifs is 1. The third kappa shape index (κ3) is 3.01. The van der Waals surface area contributed by atoms with E-state index in [0.717, 1.165) is 16.5 Å². The fraction of sp³-hybridized carbons (Fsp3) is 0.200. The summed E-state index contributed by atoms with van der Waals surface area (Å²) in [6, 6.07) is 23.2. The van der Waals surface area contributed by atoms with Gasteiger partial charge < -0.3 is 4.90 Å². The number of piperazine rings is 1. The molecule has 1 heterocycles. The highest BCUT2D eigenvalue weighted by Gasteiger charge is 2.29. The molecule has 0 radical (unpaired) electrons. The van der Waals surface area contributed by atoms with Gasteiger partial charge in [-0.1, -0.05) is 54.6 Å². The van der Waals surface area contributed by atoms with Gasteiger partial charge >= 0.3 is 0 Å².